The van der Waals surface area contributed by atoms with E-state index in [1.165, 1.54) is 0 Å². The zero-order chi connectivity index (χ0) is 10.1. The third-order valence-electron chi connectivity index (χ3n) is 2.01. The number of nitrogens with zero attached hydrogens (tertiary/aromatic N) is 2. The summed E-state index contributed by atoms with van der Waals surface area (Å²) in [5.74, 6) is 0. The van der Waals surface area contributed by atoms with E-state index in [2.05, 4.69) is 32.9 Å². The van der Waals surface area contributed by atoms with Crippen molar-refractivity contribution >= 4 is 39.7 Å². The first kappa shape index (κ1) is 10.2. The molecule has 0 amide bonds. The molecular weight excluding hydrogens is 312 g/mol. The van der Waals surface area contributed by atoms with E-state index in [1.54, 1.807) is 6.33 Å². The average Bonchev–Trinajstić information content (AvgIpc) is 2.57. The minimum Gasteiger partial charge on any atom is -0.314 e. The first-order valence-corrected chi connectivity index (χ1v) is 5.64. The zero-order valence-corrected chi connectivity index (χ0v) is 10.5. The van der Waals surface area contributed by atoms with Crippen LogP contribution in [-0.4, -0.2) is 16.4 Å². The van der Waals surface area contributed by atoms with Crippen molar-refractivity contribution in [2.24, 2.45) is 0 Å². The Morgan fingerprint density at radius 2 is 2.43 bits per heavy atom. The smallest absolute Gasteiger partial charge is 0.0996 e. The van der Waals surface area contributed by atoms with Gasteiger partial charge in [-0.05, 0) is 35.7 Å². The second-order valence-corrected chi connectivity index (χ2v) is 4.44. The predicted octanol–water partition coefficient (Wildman–Crippen LogP) is 2.31. The lowest BCUT2D eigenvalue weighted by molar-refractivity contribution is 0.802. The standard InChI is InChI=1S/C9H9ClIN3/c1-12-4-7-9-8(11)6(10)2-3-14(9)5-13-7/h2-3,5,12H,4H2,1H3. The second kappa shape index (κ2) is 4.04. The molecule has 0 aliphatic carbocycles. The molecule has 0 saturated heterocycles. The van der Waals surface area contributed by atoms with Crippen LogP contribution < -0.4 is 5.32 Å². The number of rotatable bonds is 2. The number of hydrogen-bond donors (Lipinski definition) is 1. The van der Waals surface area contributed by atoms with Crippen LogP contribution in [0.25, 0.3) is 5.52 Å². The second-order valence-electron chi connectivity index (χ2n) is 2.96. The van der Waals surface area contributed by atoms with Gasteiger partial charge in [-0.25, -0.2) is 4.98 Å². The molecule has 0 fully saturated rings. The number of hydrogen-bond acceptors (Lipinski definition) is 2. The first-order chi connectivity index (χ1) is 6.74. The maximum atomic E-state index is 6.05. The molecule has 1 N–H and O–H groups in total. The molecule has 2 rings (SSSR count). The number of fused-ring (bicyclic) bond motifs is 1. The van der Waals surface area contributed by atoms with E-state index in [9.17, 15) is 0 Å². The van der Waals surface area contributed by atoms with Crippen molar-refractivity contribution < 1.29 is 0 Å². The quantitative estimate of drug-likeness (QED) is 0.860. The molecule has 5 heteroatoms. The van der Waals surface area contributed by atoms with Crippen molar-refractivity contribution in [3.63, 3.8) is 0 Å². The van der Waals surface area contributed by atoms with Gasteiger partial charge in [0.25, 0.3) is 0 Å². The van der Waals surface area contributed by atoms with Gasteiger partial charge in [-0.1, -0.05) is 11.6 Å². The van der Waals surface area contributed by atoms with Gasteiger partial charge in [0.2, 0.25) is 0 Å². The molecule has 0 spiro atoms. The highest BCUT2D eigenvalue weighted by Crippen LogP contribution is 2.24. The van der Waals surface area contributed by atoms with Gasteiger partial charge in [-0.15, -0.1) is 0 Å². The van der Waals surface area contributed by atoms with Crippen molar-refractivity contribution in [2.45, 2.75) is 6.54 Å². The molecule has 2 aromatic rings. The third kappa shape index (κ3) is 1.62. The summed E-state index contributed by atoms with van der Waals surface area (Å²) < 4.78 is 3.04. The summed E-state index contributed by atoms with van der Waals surface area (Å²) in [6, 6.07) is 1.88. The largest absolute Gasteiger partial charge is 0.314 e. The topological polar surface area (TPSA) is 29.3 Å². The molecule has 74 valence electrons. The molecule has 0 aliphatic rings. The molecule has 3 nitrogen and oxygen atoms in total. The fraction of sp³-hybridized carbons (Fsp3) is 0.222. The van der Waals surface area contributed by atoms with E-state index >= 15 is 0 Å². The highest BCUT2D eigenvalue weighted by atomic mass is 127. The van der Waals surface area contributed by atoms with Crippen LogP contribution in [0.2, 0.25) is 5.02 Å². The normalized spacial score (nSPS) is 11.1. The van der Waals surface area contributed by atoms with Crippen molar-refractivity contribution in [1.82, 2.24) is 14.7 Å². The van der Waals surface area contributed by atoms with Gasteiger partial charge in [0, 0.05) is 12.7 Å². The number of aromatic nitrogens is 2. The Morgan fingerprint density at radius 3 is 3.14 bits per heavy atom. The summed E-state index contributed by atoms with van der Waals surface area (Å²) in [4.78, 5) is 4.32. The molecule has 0 aromatic carbocycles. The van der Waals surface area contributed by atoms with Gasteiger partial charge in [0.05, 0.1) is 26.1 Å². The molecule has 0 bridgehead atoms. The van der Waals surface area contributed by atoms with E-state index < -0.39 is 0 Å². The van der Waals surface area contributed by atoms with Crippen LogP contribution in [0.1, 0.15) is 5.69 Å². The Kier molecular flexibility index (Phi) is 2.94. The van der Waals surface area contributed by atoms with Crippen LogP contribution in [0.15, 0.2) is 18.6 Å². The third-order valence-corrected chi connectivity index (χ3v) is 3.74. The summed E-state index contributed by atoms with van der Waals surface area (Å²) in [5.41, 5.74) is 2.12. The van der Waals surface area contributed by atoms with Gasteiger partial charge in [-0.2, -0.15) is 0 Å². The Morgan fingerprint density at radius 1 is 1.64 bits per heavy atom. The van der Waals surface area contributed by atoms with Crippen molar-refractivity contribution in [1.29, 1.82) is 0 Å². The Hall–Kier alpha value is -0.330. The van der Waals surface area contributed by atoms with E-state index in [1.807, 2.05) is 23.7 Å². The number of halogens is 2. The van der Waals surface area contributed by atoms with Crippen LogP contribution >= 0.6 is 34.2 Å². The average molecular weight is 322 g/mol. The Balaban J connectivity index is 2.69. The van der Waals surface area contributed by atoms with E-state index in [-0.39, 0.29) is 0 Å². The summed E-state index contributed by atoms with van der Waals surface area (Å²) in [6.45, 7) is 0.757. The van der Waals surface area contributed by atoms with Crippen LogP contribution in [0.4, 0.5) is 0 Å². The predicted molar refractivity (Wildman–Crippen MR) is 65.7 cm³/mol. The van der Waals surface area contributed by atoms with Crippen LogP contribution in [0.3, 0.4) is 0 Å². The molecule has 0 unspecified atom stereocenters. The minimum atomic E-state index is 0.757. The lowest BCUT2D eigenvalue weighted by Gasteiger charge is -2.02. The summed E-state index contributed by atoms with van der Waals surface area (Å²) in [5, 5.41) is 3.86. The molecule has 0 radical (unpaired) electrons. The fourth-order valence-corrected chi connectivity index (χ4v) is 2.30. The summed E-state index contributed by atoms with van der Waals surface area (Å²) in [6.07, 6.45) is 3.73. The van der Waals surface area contributed by atoms with Crippen molar-refractivity contribution in [2.75, 3.05) is 7.05 Å². The van der Waals surface area contributed by atoms with E-state index in [4.69, 9.17) is 11.6 Å². The molecule has 2 aromatic heterocycles. The van der Waals surface area contributed by atoms with E-state index in [0.29, 0.717) is 0 Å². The van der Waals surface area contributed by atoms with Crippen LogP contribution in [0.5, 0.6) is 0 Å². The molecule has 14 heavy (non-hydrogen) atoms. The van der Waals surface area contributed by atoms with Crippen molar-refractivity contribution in [3.05, 3.63) is 32.9 Å². The van der Waals surface area contributed by atoms with Gasteiger partial charge < -0.3 is 9.72 Å². The Bertz CT molecular complexity index is 466. The molecule has 2 heterocycles. The maximum absolute atomic E-state index is 6.05. The lowest BCUT2D eigenvalue weighted by atomic mass is 10.3. The Labute approximate surface area is 101 Å². The SMILES string of the molecule is CNCc1ncn2ccc(Cl)c(I)c12. The molecule has 0 atom stereocenters. The lowest BCUT2D eigenvalue weighted by Crippen LogP contribution is -2.06. The molecule has 0 saturated carbocycles. The van der Waals surface area contributed by atoms with Gasteiger partial charge in [0.1, 0.15) is 0 Å². The van der Waals surface area contributed by atoms with E-state index in [0.717, 1.165) is 26.3 Å². The zero-order valence-electron chi connectivity index (χ0n) is 7.59. The number of imidazole rings is 1. The molecule has 0 aliphatic heterocycles. The monoisotopic (exact) mass is 321 g/mol. The minimum absolute atomic E-state index is 0.757. The van der Waals surface area contributed by atoms with Gasteiger partial charge >= 0.3 is 0 Å². The van der Waals surface area contributed by atoms with Gasteiger partial charge in [-0.3, -0.25) is 0 Å². The summed E-state index contributed by atoms with van der Waals surface area (Å²) in [7, 11) is 1.91. The highest BCUT2D eigenvalue weighted by molar-refractivity contribution is 14.1. The first-order valence-electron chi connectivity index (χ1n) is 4.18. The van der Waals surface area contributed by atoms with Crippen molar-refractivity contribution in [3.8, 4) is 0 Å². The molecular formula is C9H9ClIN3. The fourth-order valence-electron chi connectivity index (χ4n) is 1.38. The summed E-state index contributed by atoms with van der Waals surface area (Å²) >= 11 is 8.29. The van der Waals surface area contributed by atoms with Gasteiger partial charge in [0.15, 0.2) is 0 Å². The number of pyridine rings is 1. The highest BCUT2D eigenvalue weighted by Gasteiger charge is 2.09. The maximum Gasteiger partial charge on any atom is 0.0996 e. The van der Waals surface area contributed by atoms with Crippen LogP contribution in [0, 0.1) is 3.57 Å². The number of nitrogens with one attached hydrogen (secondary N) is 1. The van der Waals surface area contributed by atoms with Crippen LogP contribution in [-0.2, 0) is 6.54 Å².